The molecule has 0 bridgehead atoms. The van der Waals surface area contributed by atoms with Gasteiger partial charge in [-0.25, -0.2) is 4.79 Å². The highest BCUT2D eigenvalue weighted by Gasteiger charge is 2.35. The van der Waals surface area contributed by atoms with Crippen LogP contribution in [-0.4, -0.2) is 51.5 Å². The minimum absolute atomic E-state index is 0.0779. The van der Waals surface area contributed by atoms with Crippen LogP contribution in [0, 0.1) is 5.92 Å². The number of hydrogen-bond acceptors (Lipinski definition) is 4. The average molecular weight is 302 g/mol. The van der Waals surface area contributed by atoms with Crippen molar-refractivity contribution in [3.63, 3.8) is 0 Å². The molecule has 0 radical (unpaired) electrons. The van der Waals surface area contributed by atoms with Gasteiger partial charge in [-0.1, -0.05) is 20.8 Å². The van der Waals surface area contributed by atoms with E-state index in [0.717, 1.165) is 0 Å². The Bertz CT molecular complexity index is 387. The van der Waals surface area contributed by atoms with Crippen LogP contribution in [0.5, 0.6) is 0 Å². The first-order valence-corrected chi connectivity index (χ1v) is 7.92. The van der Waals surface area contributed by atoms with Gasteiger partial charge in [0.25, 0.3) is 0 Å². The molecular formula is C13H22N2O4S. The van der Waals surface area contributed by atoms with E-state index in [2.05, 4.69) is 5.32 Å². The van der Waals surface area contributed by atoms with Crippen molar-refractivity contribution in [2.75, 3.05) is 11.6 Å². The highest BCUT2D eigenvalue weighted by atomic mass is 32.2. The number of carboxylic acid groups (broad SMARTS) is 1. The van der Waals surface area contributed by atoms with Crippen LogP contribution < -0.4 is 5.32 Å². The topological polar surface area (TPSA) is 86.7 Å². The van der Waals surface area contributed by atoms with E-state index in [1.165, 1.54) is 16.7 Å². The highest BCUT2D eigenvalue weighted by molar-refractivity contribution is 7.99. The second kappa shape index (κ2) is 7.52. The van der Waals surface area contributed by atoms with Crippen molar-refractivity contribution >= 4 is 29.5 Å². The van der Waals surface area contributed by atoms with Gasteiger partial charge < -0.3 is 15.3 Å². The fraction of sp³-hybridized carbons (Fsp3) is 0.769. The Morgan fingerprint density at radius 1 is 1.40 bits per heavy atom. The summed E-state index contributed by atoms with van der Waals surface area (Å²) in [5, 5.41) is 11.7. The molecule has 2 atom stereocenters. The largest absolute Gasteiger partial charge is 0.480 e. The maximum Gasteiger partial charge on any atom is 0.326 e. The summed E-state index contributed by atoms with van der Waals surface area (Å²) in [6, 6.07) is -1.45. The molecule has 2 amide bonds. The Kier molecular flexibility index (Phi) is 6.32. The number of rotatable bonds is 6. The number of thioether (sulfide) groups is 1. The van der Waals surface area contributed by atoms with Crippen molar-refractivity contribution in [2.45, 2.75) is 45.7 Å². The smallest absolute Gasteiger partial charge is 0.326 e. The molecule has 1 aliphatic heterocycles. The Morgan fingerprint density at radius 3 is 2.55 bits per heavy atom. The predicted octanol–water partition coefficient (Wildman–Crippen LogP) is 0.913. The van der Waals surface area contributed by atoms with E-state index in [9.17, 15) is 14.4 Å². The Labute approximate surface area is 123 Å². The van der Waals surface area contributed by atoms with Gasteiger partial charge in [-0.05, 0) is 12.3 Å². The van der Waals surface area contributed by atoms with Gasteiger partial charge in [0.1, 0.15) is 12.1 Å². The zero-order chi connectivity index (χ0) is 15.3. The molecule has 1 heterocycles. The monoisotopic (exact) mass is 302 g/mol. The molecule has 1 saturated heterocycles. The third-order valence-corrected chi connectivity index (χ3v) is 4.14. The standard InChI is InChI=1S/C13H22N2O4S/c1-4-11(16)15-7-20-6-10(15)12(17)14-9(13(18)19)5-8(2)3/h8-10H,4-7H2,1-3H3,(H,14,17)(H,18,19)/t9-,10?/m0/s1. The molecule has 1 aliphatic rings. The van der Waals surface area contributed by atoms with E-state index >= 15 is 0 Å². The maximum absolute atomic E-state index is 12.2. The van der Waals surface area contributed by atoms with Crippen molar-refractivity contribution in [3.05, 3.63) is 0 Å². The summed E-state index contributed by atoms with van der Waals surface area (Å²) < 4.78 is 0. The molecule has 0 saturated carbocycles. The molecule has 2 N–H and O–H groups in total. The summed E-state index contributed by atoms with van der Waals surface area (Å²) in [6.45, 7) is 5.56. The van der Waals surface area contributed by atoms with Crippen LogP contribution in [-0.2, 0) is 14.4 Å². The molecule has 0 aliphatic carbocycles. The quantitative estimate of drug-likeness (QED) is 0.761. The molecule has 1 unspecified atom stereocenters. The van der Waals surface area contributed by atoms with Crippen LogP contribution in [0.4, 0.5) is 0 Å². The zero-order valence-electron chi connectivity index (χ0n) is 12.1. The summed E-state index contributed by atoms with van der Waals surface area (Å²) in [5.74, 6) is -0.303. The fourth-order valence-electron chi connectivity index (χ4n) is 2.07. The number of carboxylic acids is 1. The van der Waals surface area contributed by atoms with Gasteiger partial charge in [-0.3, -0.25) is 9.59 Å². The normalized spacial score (nSPS) is 20.0. The number of amides is 2. The van der Waals surface area contributed by atoms with E-state index in [1.807, 2.05) is 13.8 Å². The first-order valence-electron chi connectivity index (χ1n) is 6.77. The molecule has 7 heteroatoms. The van der Waals surface area contributed by atoms with Gasteiger partial charge in [0.2, 0.25) is 11.8 Å². The number of aliphatic carboxylic acids is 1. The van der Waals surface area contributed by atoms with Gasteiger partial charge in [0.15, 0.2) is 0 Å². The van der Waals surface area contributed by atoms with Crippen molar-refractivity contribution in [1.29, 1.82) is 0 Å². The Hall–Kier alpha value is -1.24. The van der Waals surface area contributed by atoms with Crippen molar-refractivity contribution in [2.24, 2.45) is 5.92 Å². The highest BCUT2D eigenvalue weighted by Crippen LogP contribution is 2.22. The van der Waals surface area contributed by atoms with Gasteiger partial charge in [-0.15, -0.1) is 11.8 Å². The second-order valence-electron chi connectivity index (χ2n) is 5.26. The van der Waals surface area contributed by atoms with Crippen molar-refractivity contribution in [3.8, 4) is 0 Å². The fourth-order valence-corrected chi connectivity index (χ4v) is 3.25. The third kappa shape index (κ3) is 4.40. The minimum atomic E-state index is -1.04. The Morgan fingerprint density at radius 2 is 2.05 bits per heavy atom. The minimum Gasteiger partial charge on any atom is -0.480 e. The molecule has 0 aromatic heterocycles. The van der Waals surface area contributed by atoms with Crippen LogP contribution in [0.1, 0.15) is 33.6 Å². The number of nitrogens with one attached hydrogen (secondary N) is 1. The summed E-state index contributed by atoms with van der Waals surface area (Å²) >= 11 is 1.51. The lowest BCUT2D eigenvalue weighted by molar-refractivity contribution is -0.144. The van der Waals surface area contributed by atoms with Gasteiger partial charge in [0.05, 0.1) is 5.88 Å². The summed E-state index contributed by atoms with van der Waals surface area (Å²) in [5.41, 5.74) is 0. The van der Waals surface area contributed by atoms with Crippen LogP contribution >= 0.6 is 11.8 Å². The molecule has 1 rings (SSSR count). The molecule has 6 nitrogen and oxygen atoms in total. The molecule has 20 heavy (non-hydrogen) atoms. The molecule has 0 aromatic rings. The van der Waals surface area contributed by atoms with Gasteiger partial charge in [0, 0.05) is 12.2 Å². The lowest BCUT2D eigenvalue weighted by atomic mass is 10.0. The van der Waals surface area contributed by atoms with Crippen LogP contribution in [0.3, 0.4) is 0 Å². The lowest BCUT2D eigenvalue weighted by Crippen LogP contribution is -2.52. The van der Waals surface area contributed by atoms with E-state index < -0.39 is 18.1 Å². The van der Waals surface area contributed by atoms with Gasteiger partial charge >= 0.3 is 5.97 Å². The first-order chi connectivity index (χ1) is 9.36. The van der Waals surface area contributed by atoms with Crippen LogP contribution in [0.15, 0.2) is 0 Å². The number of carbonyl (C=O) groups is 3. The number of carbonyl (C=O) groups excluding carboxylic acids is 2. The Balaban J connectivity index is 2.68. The van der Waals surface area contributed by atoms with E-state index in [0.29, 0.717) is 24.5 Å². The molecular weight excluding hydrogens is 280 g/mol. The summed E-state index contributed by atoms with van der Waals surface area (Å²) in [7, 11) is 0. The molecule has 0 aromatic carbocycles. The predicted molar refractivity (Wildman–Crippen MR) is 77.3 cm³/mol. The van der Waals surface area contributed by atoms with Crippen molar-refractivity contribution in [1.82, 2.24) is 10.2 Å². The maximum atomic E-state index is 12.2. The number of hydrogen-bond donors (Lipinski definition) is 2. The van der Waals surface area contributed by atoms with Gasteiger partial charge in [-0.2, -0.15) is 0 Å². The van der Waals surface area contributed by atoms with Crippen LogP contribution in [0.2, 0.25) is 0 Å². The third-order valence-electron chi connectivity index (χ3n) is 3.13. The summed E-state index contributed by atoms with van der Waals surface area (Å²) in [4.78, 5) is 36.6. The van der Waals surface area contributed by atoms with Crippen molar-refractivity contribution < 1.29 is 19.5 Å². The average Bonchev–Trinajstić information content (AvgIpc) is 2.85. The lowest BCUT2D eigenvalue weighted by Gasteiger charge is -2.24. The molecule has 0 spiro atoms. The van der Waals surface area contributed by atoms with Crippen LogP contribution in [0.25, 0.3) is 0 Å². The molecule has 114 valence electrons. The first kappa shape index (κ1) is 16.8. The number of nitrogens with zero attached hydrogens (tertiary/aromatic N) is 1. The molecule has 1 fully saturated rings. The zero-order valence-corrected chi connectivity index (χ0v) is 12.9. The van der Waals surface area contributed by atoms with E-state index in [-0.39, 0.29) is 17.7 Å². The van der Waals surface area contributed by atoms with E-state index in [4.69, 9.17) is 5.11 Å². The van der Waals surface area contributed by atoms with E-state index in [1.54, 1.807) is 6.92 Å². The summed E-state index contributed by atoms with van der Waals surface area (Å²) in [6.07, 6.45) is 0.724. The second-order valence-corrected chi connectivity index (χ2v) is 6.26. The SMILES string of the molecule is CCC(=O)N1CSCC1C(=O)N[C@@H](CC(C)C)C(=O)O.